The minimum absolute atomic E-state index is 0.0459. The number of rotatable bonds is 9. The lowest BCUT2D eigenvalue weighted by Gasteiger charge is -2.22. The minimum atomic E-state index is -1.25. The molecule has 23 heavy (non-hydrogen) atoms. The van der Waals surface area contributed by atoms with Crippen molar-refractivity contribution in [3.8, 4) is 0 Å². The van der Waals surface area contributed by atoms with Gasteiger partial charge in [-0.3, -0.25) is 19.7 Å². The number of amides is 1. The number of aliphatic carboxylic acids is 1. The van der Waals surface area contributed by atoms with E-state index in [1.807, 2.05) is 0 Å². The van der Waals surface area contributed by atoms with E-state index in [2.05, 4.69) is 5.32 Å². The van der Waals surface area contributed by atoms with Gasteiger partial charge in [0.1, 0.15) is 6.10 Å². The number of nitro groups is 1. The van der Waals surface area contributed by atoms with Crippen LogP contribution in [0.15, 0.2) is 24.3 Å². The molecule has 0 fully saturated rings. The molecule has 126 valence electrons. The molecule has 0 heterocycles. The fourth-order valence-electron chi connectivity index (χ4n) is 1.93. The summed E-state index contributed by atoms with van der Waals surface area (Å²) in [5.41, 5.74) is 0.166. The van der Waals surface area contributed by atoms with Gasteiger partial charge in [-0.15, -0.1) is 0 Å². The lowest BCUT2D eigenvalue weighted by atomic mass is 10.0. The number of nitrogens with one attached hydrogen (secondary N) is 1. The van der Waals surface area contributed by atoms with Crippen LogP contribution in [0.2, 0.25) is 0 Å². The van der Waals surface area contributed by atoms with E-state index >= 15 is 0 Å². The third kappa shape index (κ3) is 6.01. The Hall–Kier alpha value is -2.52. The zero-order valence-corrected chi connectivity index (χ0v) is 12.2. The molecule has 1 aromatic carbocycles. The molecule has 0 unspecified atom stereocenters. The van der Waals surface area contributed by atoms with Crippen LogP contribution in [0.3, 0.4) is 0 Å². The summed E-state index contributed by atoms with van der Waals surface area (Å²) in [5, 5.41) is 40.9. The highest BCUT2D eigenvalue weighted by Crippen LogP contribution is 2.20. The van der Waals surface area contributed by atoms with Gasteiger partial charge in [-0.25, -0.2) is 0 Å². The van der Waals surface area contributed by atoms with Gasteiger partial charge in [0.05, 0.1) is 17.6 Å². The van der Waals surface area contributed by atoms with Crippen LogP contribution < -0.4 is 5.32 Å². The SMILES string of the molecule is O=C(O)CCCC(=O)N[C@H](CO)[C@H](O)c1ccc([N+](=O)[O-])cc1. The Balaban J connectivity index is 2.63. The largest absolute Gasteiger partial charge is 0.481 e. The number of carboxylic acid groups (broad SMARTS) is 1. The van der Waals surface area contributed by atoms with E-state index in [0.29, 0.717) is 5.56 Å². The second kappa shape index (κ2) is 8.81. The van der Waals surface area contributed by atoms with Crippen LogP contribution in [0.5, 0.6) is 0 Å². The van der Waals surface area contributed by atoms with Gasteiger partial charge in [-0.2, -0.15) is 0 Å². The molecule has 0 aliphatic rings. The fraction of sp³-hybridized carbons (Fsp3) is 0.429. The predicted molar refractivity (Wildman–Crippen MR) is 78.6 cm³/mol. The van der Waals surface area contributed by atoms with Crippen LogP contribution in [0.25, 0.3) is 0 Å². The predicted octanol–water partition coefficient (Wildman–Crippen LogP) is 0.360. The summed E-state index contributed by atoms with van der Waals surface area (Å²) in [7, 11) is 0. The third-order valence-corrected chi connectivity index (χ3v) is 3.16. The van der Waals surface area contributed by atoms with Crippen LogP contribution >= 0.6 is 0 Å². The minimum Gasteiger partial charge on any atom is -0.481 e. The number of hydrogen-bond donors (Lipinski definition) is 4. The summed E-state index contributed by atoms with van der Waals surface area (Å²) in [6.07, 6.45) is -1.30. The van der Waals surface area contributed by atoms with Crippen LogP contribution in [0.1, 0.15) is 30.9 Å². The molecule has 1 aromatic rings. The monoisotopic (exact) mass is 326 g/mol. The molecule has 2 atom stereocenters. The standard InChI is InChI=1S/C14H18N2O7/c17-8-11(15-12(18)2-1-3-13(19)20)14(21)9-4-6-10(7-5-9)16(22)23/h4-7,11,14,17,21H,1-3,8H2,(H,15,18)(H,19,20)/t11-,14-/m1/s1. The Bertz CT molecular complexity index is 559. The average Bonchev–Trinajstić information content (AvgIpc) is 2.51. The maximum Gasteiger partial charge on any atom is 0.303 e. The van der Waals surface area contributed by atoms with Crippen molar-refractivity contribution in [2.45, 2.75) is 31.4 Å². The summed E-state index contributed by atoms with van der Waals surface area (Å²) in [5.74, 6) is -1.51. The first-order valence-corrected chi connectivity index (χ1v) is 6.89. The molecule has 0 aliphatic heterocycles. The number of aliphatic hydroxyl groups excluding tert-OH is 2. The van der Waals surface area contributed by atoms with E-state index in [0.717, 1.165) is 0 Å². The van der Waals surface area contributed by atoms with Gasteiger partial charge in [-0.1, -0.05) is 0 Å². The highest BCUT2D eigenvalue weighted by atomic mass is 16.6. The number of aliphatic hydroxyl groups is 2. The van der Waals surface area contributed by atoms with Gasteiger partial charge in [-0.05, 0) is 24.1 Å². The molecule has 1 amide bonds. The summed E-state index contributed by atoms with van der Waals surface area (Å²) in [4.78, 5) is 32.0. The van der Waals surface area contributed by atoms with Crippen LogP contribution in [0.4, 0.5) is 5.69 Å². The second-order valence-electron chi connectivity index (χ2n) is 4.90. The second-order valence-corrected chi connectivity index (χ2v) is 4.90. The smallest absolute Gasteiger partial charge is 0.303 e. The first-order chi connectivity index (χ1) is 10.8. The number of hydrogen-bond acceptors (Lipinski definition) is 6. The molecule has 0 aromatic heterocycles. The van der Waals surface area contributed by atoms with Crippen molar-refractivity contribution in [1.82, 2.24) is 5.32 Å². The average molecular weight is 326 g/mol. The fourth-order valence-corrected chi connectivity index (χ4v) is 1.93. The molecule has 4 N–H and O–H groups in total. The van der Waals surface area contributed by atoms with Crippen molar-refractivity contribution in [2.75, 3.05) is 6.61 Å². The van der Waals surface area contributed by atoms with Gasteiger partial charge in [0.15, 0.2) is 0 Å². The van der Waals surface area contributed by atoms with E-state index in [1.54, 1.807) is 0 Å². The molecule has 0 radical (unpaired) electrons. The summed E-state index contributed by atoms with van der Waals surface area (Å²) < 4.78 is 0. The first-order valence-electron chi connectivity index (χ1n) is 6.89. The Morgan fingerprint density at radius 3 is 2.30 bits per heavy atom. The summed E-state index contributed by atoms with van der Waals surface area (Å²) in [6, 6.07) is 4.10. The molecule has 1 rings (SSSR count). The quantitative estimate of drug-likeness (QED) is 0.378. The van der Waals surface area contributed by atoms with E-state index in [4.69, 9.17) is 5.11 Å². The zero-order chi connectivity index (χ0) is 17.4. The first kappa shape index (κ1) is 18.5. The molecule has 0 spiro atoms. The van der Waals surface area contributed by atoms with Crippen molar-refractivity contribution >= 4 is 17.6 Å². The molecule has 0 saturated heterocycles. The molecule has 9 nitrogen and oxygen atoms in total. The van der Waals surface area contributed by atoms with Crippen LogP contribution in [-0.2, 0) is 9.59 Å². The molecule has 0 bridgehead atoms. The van der Waals surface area contributed by atoms with Gasteiger partial charge >= 0.3 is 5.97 Å². The van der Waals surface area contributed by atoms with Crippen molar-refractivity contribution < 1.29 is 29.8 Å². The van der Waals surface area contributed by atoms with Crippen LogP contribution in [0, 0.1) is 10.1 Å². The van der Waals surface area contributed by atoms with Crippen LogP contribution in [-0.4, -0.2) is 44.8 Å². The number of nitrogens with zero attached hydrogens (tertiary/aromatic N) is 1. The number of carbonyl (C=O) groups is 2. The van der Waals surface area contributed by atoms with Gasteiger partial charge in [0.2, 0.25) is 5.91 Å². The van der Waals surface area contributed by atoms with E-state index in [9.17, 15) is 29.9 Å². The van der Waals surface area contributed by atoms with Crippen molar-refractivity contribution in [1.29, 1.82) is 0 Å². The molecule has 9 heteroatoms. The zero-order valence-electron chi connectivity index (χ0n) is 12.2. The van der Waals surface area contributed by atoms with Gasteiger partial charge in [0, 0.05) is 25.0 Å². The number of carbonyl (C=O) groups excluding carboxylic acids is 1. The summed E-state index contributed by atoms with van der Waals surface area (Å²) in [6.45, 7) is -0.539. The highest BCUT2D eigenvalue weighted by Gasteiger charge is 2.22. The Kier molecular flexibility index (Phi) is 7.10. The van der Waals surface area contributed by atoms with Gasteiger partial charge in [0.25, 0.3) is 5.69 Å². The number of benzene rings is 1. The molecule has 0 aliphatic carbocycles. The molecular weight excluding hydrogens is 308 g/mol. The highest BCUT2D eigenvalue weighted by molar-refractivity contribution is 5.77. The lowest BCUT2D eigenvalue weighted by molar-refractivity contribution is -0.384. The normalized spacial score (nSPS) is 13.1. The maximum atomic E-state index is 11.7. The topological polar surface area (TPSA) is 150 Å². The molecular formula is C14H18N2O7. The van der Waals surface area contributed by atoms with Crippen molar-refractivity contribution in [2.24, 2.45) is 0 Å². The number of non-ortho nitro benzene ring substituents is 1. The van der Waals surface area contributed by atoms with E-state index in [-0.39, 0.29) is 24.9 Å². The van der Waals surface area contributed by atoms with Crippen molar-refractivity contribution in [3.63, 3.8) is 0 Å². The third-order valence-electron chi connectivity index (χ3n) is 3.16. The van der Waals surface area contributed by atoms with E-state index in [1.165, 1.54) is 24.3 Å². The summed E-state index contributed by atoms with van der Waals surface area (Å²) >= 11 is 0. The Morgan fingerprint density at radius 2 is 1.83 bits per heavy atom. The number of carboxylic acids is 1. The maximum absolute atomic E-state index is 11.7. The number of nitro benzene ring substituents is 1. The van der Waals surface area contributed by atoms with Crippen molar-refractivity contribution in [3.05, 3.63) is 39.9 Å². The Labute approximate surface area is 131 Å². The molecule has 0 saturated carbocycles. The Morgan fingerprint density at radius 1 is 1.22 bits per heavy atom. The van der Waals surface area contributed by atoms with E-state index < -0.39 is 35.6 Å². The lowest BCUT2D eigenvalue weighted by Crippen LogP contribution is -2.41. The van der Waals surface area contributed by atoms with Gasteiger partial charge < -0.3 is 20.6 Å².